The van der Waals surface area contributed by atoms with Crippen molar-refractivity contribution in [2.75, 3.05) is 6.54 Å². The fourth-order valence-corrected chi connectivity index (χ4v) is 0.436. The molecule has 1 atom stereocenters. The van der Waals surface area contributed by atoms with Gasteiger partial charge in [-0.3, -0.25) is 4.79 Å². The van der Waals surface area contributed by atoms with Gasteiger partial charge in [-0.25, -0.2) is 0 Å². The zero-order valence-corrected chi connectivity index (χ0v) is 5.98. The molecule has 0 radical (unpaired) electrons. The average molecular weight is 130 g/mol. The van der Waals surface area contributed by atoms with E-state index < -0.39 is 0 Å². The summed E-state index contributed by atoms with van der Waals surface area (Å²) in [6.07, 6.45) is 0.950. The Hall–Kier alpha value is -0.570. The molecule has 9 heavy (non-hydrogen) atoms. The minimum Gasteiger partial charge on any atom is -0.353 e. The predicted octanol–water partition coefficient (Wildman–Crippen LogP) is -0.140. The van der Waals surface area contributed by atoms with Crippen molar-refractivity contribution >= 4 is 5.91 Å². The van der Waals surface area contributed by atoms with E-state index in [-0.39, 0.29) is 18.5 Å². The third-order valence-corrected chi connectivity index (χ3v) is 1.21. The normalized spacial score (nSPS) is 12.8. The zero-order valence-electron chi connectivity index (χ0n) is 5.98. The molecule has 0 saturated carbocycles. The summed E-state index contributed by atoms with van der Waals surface area (Å²) in [7, 11) is 0. The van der Waals surface area contributed by atoms with E-state index in [0.717, 1.165) is 6.42 Å². The van der Waals surface area contributed by atoms with Crippen LogP contribution >= 0.6 is 0 Å². The number of hydrogen-bond acceptors (Lipinski definition) is 2. The van der Waals surface area contributed by atoms with Gasteiger partial charge in [0.25, 0.3) is 0 Å². The Morgan fingerprint density at radius 2 is 2.33 bits per heavy atom. The maximum absolute atomic E-state index is 10.5. The van der Waals surface area contributed by atoms with E-state index in [9.17, 15) is 4.79 Å². The van der Waals surface area contributed by atoms with Crippen LogP contribution in [0.5, 0.6) is 0 Å². The van der Waals surface area contributed by atoms with Crippen LogP contribution in [0.25, 0.3) is 0 Å². The van der Waals surface area contributed by atoms with Gasteiger partial charge in [-0.2, -0.15) is 0 Å². The van der Waals surface area contributed by atoms with Gasteiger partial charge in [0, 0.05) is 6.04 Å². The average Bonchev–Trinajstić information content (AvgIpc) is 1.87. The molecular formula is C6H14N2O. The highest BCUT2D eigenvalue weighted by atomic mass is 16.1. The first kappa shape index (κ1) is 8.43. The van der Waals surface area contributed by atoms with E-state index in [1.807, 2.05) is 13.8 Å². The van der Waals surface area contributed by atoms with Crippen LogP contribution in [0.3, 0.4) is 0 Å². The highest BCUT2D eigenvalue weighted by Crippen LogP contribution is 1.85. The number of hydrogen-bond donors (Lipinski definition) is 2. The molecular weight excluding hydrogens is 116 g/mol. The minimum atomic E-state index is -0.0793. The van der Waals surface area contributed by atoms with Gasteiger partial charge >= 0.3 is 0 Å². The summed E-state index contributed by atoms with van der Waals surface area (Å²) in [6, 6.07) is 0.251. The van der Waals surface area contributed by atoms with E-state index in [1.165, 1.54) is 0 Å². The first-order chi connectivity index (χ1) is 4.20. The first-order valence-corrected chi connectivity index (χ1v) is 3.20. The number of nitrogens with two attached hydrogens (primary N) is 1. The van der Waals surface area contributed by atoms with E-state index in [0.29, 0.717) is 0 Å². The number of rotatable bonds is 3. The molecule has 0 heterocycles. The molecule has 3 nitrogen and oxygen atoms in total. The Morgan fingerprint density at radius 1 is 1.78 bits per heavy atom. The van der Waals surface area contributed by atoms with Gasteiger partial charge in [-0.05, 0) is 13.3 Å². The van der Waals surface area contributed by atoms with Crippen LogP contribution in [0.15, 0.2) is 0 Å². The number of amides is 1. The summed E-state index contributed by atoms with van der Waals surface area (Å²) in [6.45, 7) is 4.05. The quantitative estimate of drug-likeness (QED) is 0.558. The number of carbonyl (C=O) groups excluding carboxylic acids is 1. The summed E-state index contributed by atoms with van der Waals surface area (Å²) in [5.41, 5.74) is 5.06. The molecule has 0 bridgehead atoms. The summed E-state index contributed by atoms with van der Waals surface area (Å²) in [5.74, 6) is -0.0793. The van der Waals surface area contributed by atoms with Gasteiger partial charge in [0.05, 0.1) is 6.54 Å². The molecule has 3 heteroatoms. The van der Waals surface area contributed by atoms with Crippen molar-refractivity contribution in [3.63, 3.8) is 0 Å². The van der Waals surface area contributed by atoms with Crippen LogP contribution < -0.4 is 11.1 Å². The molecule has 54 valence electrons. The lowest BCUT2D eigenvalue weighted by Crippen LogP contribution is -2.36. The molecule has 0 fully saturated rings. The Bertz CT molecular complexity index is 93.1. The highest BCUT2D eigenvalue weighted by molar-refractivity contribution is 5.77. The maximum atomic E-state index is 10.5. The second kappa shape index (κ2) is 4.32. The van der Waals surface area contributed by atoms with Crippen LogP contribution in [-0.2, 0) is 4.79 Å². The van der Waals surface area contributed by atoms with Crippen molar-refractivity contribution in [3.8, 4) is 0 Å². The fourth-order valence-electron chi connectivity index (χ4n) is 0.436. The Labute approximate surface area is 55.6 Å². The molecule has 0 aromatic heterocycles. The molecule has 0 spiro atoms. The van der Waals surface area contributed by atoms with Gasteiger partial charge in [-0.15, -0.1) is 0 Å². The molecule has 0 rings (SSSR count). The van der Waals surface area contributed by atoms with Crippen molar-refractivity contribution in [2.45, 2.75) is 26.3 Å². The third kappa shape index (κ3) is 3.97. The van der Waals surface area contributed by atoms with Gasteiger partial charge in [0.15, 0.2) is 0 Å². The standard InChI is InChI=1S/C6H14N2O/c1-3-5(2)8-6(9)4-7/h5H,3-4,7H2,1-2H3,(H,8,9)/t5-/m1/s1. The van der Waals surface area contributed by atoms with Crippen LogP contribution in [0.4, 0.5) is 0 Å². The monoisotopic (exact) mass is 130 g/mol. The second-order valence-electron chi connectivity index (χ2n) is 2.08. The SMILES string of the molecule is CC[C@@H](C)NC(=O)CN. The van der Waals surface area contributed by atoms with E-state index >= 15 is 0 Å². The Morgan fingerprint density at radius 3 is 2.67 bits per heavy atom. The summed E-state index contributed by atoms with van der Waals surface area (Å²) < 4.78 is 0. The fraction of sp³-hybridized carbons (Fsp3) is 0.833. The molecule has 3 N–H and O–H groups in total. The largest absolute Gasteiger partial charge is 0.353 e. The third-order valence-electron chi connectivity index (χ3n) is 1.21. The predicted molar refractivity (Wildman–Crippen MR) is 37.0 cm³/mol. The summed E-state index contributed by atoms with van der Waals surface area (Å²) >= 11 is 0. The second-order valence-corrected chi connectivity index (χ2v) is 2.08. The molecule has 0 aliphatic carbocycles. The molecule has 0 aliphatic rings. The lowest BCUT2D eigenvalue weighted by atomic mass is 10.2. The maximum Gasteiger partial charge on any atom is 0.233 e. The van der Waals surface area contributed by atoms with Crippen LogP contribution in [0.2, 0.25) is 0 Å². The molecule has 0 unspecified atom stereocenters. The van der Waals surface area contributed by atoms with Crippen molar-refractivity contribution in [2.24, 2.45) is 5.73 Å². The summed E-state index contributed by atoms with van der Waals surface area (Å²) in [5, 5.41) is 2.72. The van der Waals surface area contributed by atoms with Gasteiger partial charge < -0.3 is 11.1 Å². The topological polar surface area (TPSA) is 55.1 Å². The smallest absolute Gasteiger partial charge is 0.233 e. The van der Waals surface area contributed by atoms with Gasteiger partial charge in [0.2, 0.25) is 5.91 Å². The molecule has 0 aromatic rings. The van der Waals surface area contributed by atoms with E-state index in [4.69, 9.17) is 5.73 Å². The van der Waals surface area contributed by atoms with Crippen molar-refractivity contribution < 1.29 is 4.79 Å². The van der Waals surface area contributed by atoms with Crippen LogP contribution in [0.1, 0.15) is 20.3 Å². The van der Waals surface area contributed by atoms with Crippen molar-refractivity contribution in [3.05, 3.63) is 0 Å². The first-order valence-electron chi connectivity index (χ1n) is 3.20. The lowest BCUT2D eigenvalue weighted by Gasteiger charge is -2.08. The molecule has 0 aliphatic heterocycles. The molecule has 0 aromatic carbocycles. The Balaban J connectivity index is 3.34. The lowest BCUT2D eigenvalue weighted by molar-refractivity contribution is -0.120. The van der Waals surface area contributed by atoms with Crippen molar-refractivity contribution in [1.29, 1.82) is 0 Å². The van der Waals surface area contributed by atoms with E-state index in [1.54, 1.807) is 0 Å². The van der Waals surface area contributed by atoms with E-state index in [2.05, 4.69) is 5.32 Å². The van der Waals surface area contributed by atoms with Gasteiger partial charge in [0.1, 0.15) is 0 Å². The van der Waals surface area contributed by atoms with Crippen LogP contribution in [-0.4, -0.2) is 18.5 Å². The van der Waals surface area contributed by atoms with Crippen LogP contribution in [0, 0.1) is 0 Å². The number of nitrogens with one attached hydrogen (secondary N) is 1. The molecule has 0 saturated heterocycles. The highest BCUT2D eigenvalue weighted by Gasteiger charge is 2.00. The number of carbonyl (C=O) groups is 1. The zero-order chi connectivity index (χ0) is 7.28. The Kier molecular flexibility index (Phi) is 4.05. The van der Waals surface area contributed by atoms with Gasteiger partial charge in [-0.1, -0.05) is 6.92 Å². The summed E-state index contributed by atoms with van der Waals surface area (Å²) in [4.78, 5) is 10.5. The molecule has 1 amide bonds. The van der Waals surface area contributed by atoms with Crippen molar-refractivity contribution in [1.82, 2.24) is 5.32 Å². The minimum absolute atomic E-state index is 0.0793.